The number of halogens is 1. The second-order valence-electron chi connectivity index (χ2n) is 7.90. The van der Waals surface area contributed by atoms with Crippen LogP contribution in [-0.2, 0) is 4.74 Å². The molecule has 0 saturated heterocycles. The quantitative estimate of drug-likeness (QED) is 0.329. The number of unbranched alkanes of at least 4 members (excludes halogenated alkanes) is 3. The van der Waals surface area contributed by atoms with Gasteiger partial charge in [0.1, 0.15) is 11.1 Å². The van der Waals surface area contributed by atoms with E-state index >= 15 is 0 Å². The number of benzene rings is 1. The van der Waals surface area contributed by atoms with Crippen LogP contribution in [0.4, 0.5) is 4.79 Å². The lowest BCUT2D eigenvalue weighted by Gasteiger charge is -2.19. The van der Waals surface area contributed by atoms with Gasteiger partial charge in [0.15, 0.2) is 0 Å². The first-order chi connectivity index (χ1) is 14.3. The molecular weight excluding hydrogens is 446 g/mol. The third-order valence-corrected chi connectivity index (χ3v) is 4.79. The summed E-state index contributed by atoms with van der Waals surface area (Å²) in [6, 6.07) is 5.76. The number of carbonyl (C=O) groups excluding carboxylic acids is 1. The fraction of sp³-hybridized carbons (Fsp3) is 0.455. The largest absolute Gasteiger partial charge is 0.444 e. The van der Waals surface area contributed by atoms with Gasteiger partial charge in [-0.1, -0.05) is 18.9 Å². The van der Waals surface area contributed by atoms with Gasteiger partial charge in [0.2, 0.25) is 0 Å². The molecule has 162 valence electrons. The first kappa shape index (κ1) is 23.8. The van der Waals surface area contributed by atoms with Gasteiger partial charge >= 0.3 is 6.09 Å². The lowest BCUT2D eigenvalue weighted by Crippen LogP contribution is -2.32. The number of aromatic nitrogens is 2. The molecule has 1 amide bonds. The number of allylic oxidation sites excluding steroid dienone is 1. The van der Waals surface area contributed by atoms with Crippen molar-refractivity contribution in [2.45, 2.75) is 52.1 Å². The zero-order valence-electron chi connectivity index (χ0n) is 17.8. The van der Waals surface area contributed by atoms with Crippen molar-refractivity contribution < 1.29 is 9.53 Å². The van der Waals surface area contributed by atoms with Gasteiger partial charge in [0.05, 0.1) is 17.4 Å². The third-order valence-electron chi connectivity index (χ3n) is 4.15. The molecule has 0 radical (unpaired) electrons. The molecule has 0 fully saturated rings. The molecule has 1 aromatic carbocycles. The molecule has 0 aliphatic carbocycles. The smallest absolute Gasteiger partial charge is 0.407 e. The minimum absolute atomic E-state index is 0.364. The number of hydrogen-bond donors (Lipinski definition) is 3. The van der Waals surface area contributed by atoms with Crippen molar-refractivity contribution in [3.63, 3.8) is 0 Å². The Labute approximate surface area is 186 Å². The third kappa shape index (κ3) is 8.10. The number of alkyl carbamates (subject to hydrolysis) is 1. The van der Waals surface area contributed by atoms with Crippen LogP contribution in [0.3, 0.4) is 0 Å². The van der Waals surface area contributed by atoms with Gasteiger partial charge in [-0.3, -0.25) is 4.98 Å². The van der Waals surface area contributed by atoms with Gasteiger partial charge < -0.3 is 20.8 Å². The molecule has 0 unspecified atom stereocenters. The van der Waals surface area contributed by atoms with E-state index in [9.17, 15) is 4.79 Å². The Hall–Kier alpha value is -2.48. The molecule has 7 nitrogen and oxygen atoms in total. The van der Waals surface area contributed by atoms with Crippen molar-refractivity contribution in [1.29, 1.82) is 5.41 Å². The van der Waals surface area contributed by atoms with Crippen molar-refractivity contribution in [2.75, 3.05) is 13.1 Å². The molecule has 2 rings (SSSR count). The van der Waals surface area contributed by atoms with Crippen LogP contribution in [0.1, 0.15) is 52.1 Å². The number of nitrogens with zero attached hydrogens (tertiary/aromatic N) is 2. The lowest BCUT2D eigenvalue weighted by atomic mass is 10.2. The Morgan fingerprint density at radius 1 is 1.20 bits per heavy atom. The number of nitrogens with one attached hydrogen (secondary N) is 3. The van der Waals surface area contributed by atoms with Crippen molar-refractivity contribution >= 4 is 44.8 Å². The maximum absolute atomic E-state index is 11.6. The van der Waals surface area contributed by atoms with Crippen LogP contribution in [0, 0.1) is 5.41 Å². The van der Waals surface area contributed by atoms with Crippen LogP contribution in [0.25, 0.3) is 16.6 Å². The summed E-state index contributed by atoms with van der Waals surface area (Å²) in [5, 5.41) is 13.7. The second-order valence-corrected chi connectivity index (χ2v) is 8.76. The van der Waals surface area contributed by atoms with E-state index in [0.29, 0.717) is 17.8 Å². The summed E-state index contributed by atoms with van der Waals surface area (Å²) in [4.78, 5) is 20.6. The average Bonchev–Trinajstić information content (AvgIpc) is 2.68. The normalized spacial score (nSPS) is 11.9. The number of hydrogen-bond acceptors (Lipinski definition) is 6. The lowest BCUT2D eigenvalue weighted by molar-refractivity contribution is 0.0527. The first-order valence-electron chi connectivity index (χ1n) is 10.1. The van der Waals surface area contributed by atoms with Crippen molar-refractivity contribution in [3.8, 4) is 0 Å². The predicted octanol–water partition coefficient (Wildman–Crippen LogP) is 5.06. The summed E-state index contributed by atoms with van der Waals surface area (Å²) in [6.45, 7) is 6.98. The van der Waals surface area contributed by atoms with Crippen LogP contribution in [0.2, 0.25) is 0 Å². The Morgan fingerprint density at radius 2 is 1.93 bits per heavy atom. The van der Waals surface area contributed by atoms with E-state index in [1.165, 1.54) is 6.21 Å². The minimum Gasteiger partial charge on any atom is -0.444 e. The first-order valence-corrected chi connectivity index (χ1v) is 10.9. The van der Waals surface area contributed by atoms with Crippen LogP contribution in [0.5, 0.6) is 0 Å². The van der Waals surface area contributed by atoms with Crippen LogP contribution in [0.15, 0.2) is 35.1 Å². The van der Waals surface area contributed by atoms with Gasteiger partial charge in [-0.25, -0.2) is 9.78 Å². The summed E-state index contributed by atoms with van der Waals surface area (Å²) in [5.74, 6) is 0. The van der Waals surface area contributed by atoms with Gasteiger partial charge in [-0.2, -0.15) is 0 Å². The Bertz CT molecular complexity index is 893. The summed E-state index contributed by atoms with van der Waals surface area (Å²) in [5.41, 5.74) is 2.47. The number of amides is 1. The monoisotopic (exact) mass is 475 g/mol. The Kier molecular flexibility index (Phi) is 9.23. The van der Waals surface area contributed by atoms with Crippen LogP contribution < -0.4 is 10.6 Å². The van der Waals surface area contributed by atoms with E-state index in [0.717, 1.165) is 47.7 Å². The van der Waals surface area contributed by atoms with Gasteiger partial charge in [-0.15, -0.1) is 0 Å². The molecule has 8 heteroatoms. The number of para-hydroxylation sites is 1. The van der Waals surface area contributed by atoms with Gasteiger partial charge in [-0.05, 0) is 61.7 Å². The molecule has 0 saturated carbocycles. The number of fused-ring (bicyclic) bond motifs is 1. The fourth-order valence-electron chi connectivity index (χ4n) is 2.72. The highest BCUT2D eigenvalue weighted by atomic mass is 79.9. The Morgan fingerprint density at radius 3 is 2.63 bits per heavy atom. The maximum Gasteiger partial charge on any atom is 0.407 e. The Balaban J connectivity index is 1.69. The van der Waals surface area contributed by atoms with Gasteiger partial charge in [0, 0.05) is 35.5 Å². The molecule has 0 atom stereocenters. The van der Waals surface area contributed by atoms with E-state index in [-0.39, 0.29) is 6.09 Å². The van der Waals surface area contributed by atoms with Gasteiger partial charge in [0.25, 0.3) is 0 Å². The van der Waals surface area contributed by atoms with Crippen molar-refractivity contribution in [2.24, 2.45) is 0 Å². The van der Waals surface area contributed by atoms with Crippen molar-refractivity contribution in [1.82, 2.24) is 20.6 Å². The minimum atomic E-state index is -0.465. The SMILES string of the molecule is CC(C)(C)OC(=O)NCCCCCCN/C=C(\C=N)c1cnc2cccc(Br)c2n1. The summed E-state index contributed by atoms with van der Waals surface area (Å²) in [7, 11) is 0. The molecule has 3 N–H and O–H groups in total. The van der Waals surface area contributed by atoms with E-state index in [1.54, 1.807) is 6.20 Å². The fourth-order valence-corrected chi connectivity index (χ4v) is 3.16. The number of ether oxygens (including phenoxy) is 1. The molecule has 0 bridgehead atoms. The highest BCUT2D eigenvalue weighted by molar-refractivity contribution is 9.10. The van der Waals surface area contributed by atoms with Crippen molar-refractivity contribution in [3.05, 3.63) is 40.8 Å². The molecule has 1 heterocycles. The highest BCUT2D eigenvalue weighted by Crippen LogP contribution is 2.21. The highest BCUT2D eigenvalue weighted by Gasteiger charge is 2.15. The number of carbonyl (C=O) groups is 1. The summed E-state index contributed by atoms with van der Waals surface area (Å²) >= 11 is 3.50. The molecular formula is C22H30BrN5O2. The topological polar surface area (TPSA) is 100.0 Å². The average molecular weight is 476 g/mol. The maximum atomic E-state index is 11.6. The molecule has 2 aromatic rings. The van der Waals surface area contributed by atoms with E-state index < -0.39 is 5.60 Å². The predicted molar refractivity (Wildman–Crippen MR) is 125 cm³/mol. The zero-order chi connectivity index (χ0) is 22.0. The standard InChI is InChI=1S/C22H30BrN5O2/c1-22(2,3)30-21(29)26-12-7-5-4-6-11-25-14-16(13-24)19-15-27-18-10-8-9-17(23)20(18)28-19/h8-10,13-15,24-25H,4-7,11-12H2,1-3H3,(H,26,29)/b16-14+,24-13?. The molecule has 0 aliphatic heterocycles. The van der Waals surface area contributed by atoms with E-state index in [2.05, 4.69) is 36.5 Å². The summed E-state index contributed by atoms with van der Waals surface area (Å²) < 4.78 is 6.08. The molecule has 1 aromatic heterocycles. The van der Waals surface area contributed by atoms with Crippen LogP contribution >= 0.6 is 15.9 Å². The van der Waals surface area contributed by atoms with E-state index in [1.807, 2.05) is 45.2 Å². The molecule has 30 heavy (non-hydrogen) atoms. The van der Waals surface area contributed by atoms with Crippen LogP contribution in [-0.4, -0.2) is 41.0 Å². The second kappa shape index (κ2) is 11.6. The van der Waals surface area contributed by atoms with E-state index in [4.69, 9.17) is 10.1 Å². The summed E-state index contributed by atoms with van der Waals surface area (Å²) in [6.07, 6.45) is 8.42. The molecule has 0 spiro atoms. The zero-order valence-corrected chi connectivity index (χ0v) is 19.4. The number of rotatable bonds is 10. The molecule has 0 aliphatic rings.